The molecule has 3 rings (SSSR count). The average molecular weight is 293 g/mol. The van der Waals surface area contributed by atoms with Crippen molar-refractivity contribution >= 4 is 5.78 Å². The molecule has 0 spiro atoms. The first kappa shape index (κ1) is 15.0. The molecule has 1 heterocycles. The van der Waals surface area contributed by atoms with Crippen LogP contribution in [0.25, 0.3) is 0 Å². The normalized spacial score (nSPS) is 25.2. The number of ketones is 1. The summed E-state index contributed by atoms with van der Waals surface area (Å²) in [4.78, 5) is 12.5. The van der Waals surface area contributed by atoms with Gasteiger partial charge in [0.2, 0.25) is 0 Å². The second-order valence-corrected chi connectivity index (χ2v) is 6.48. The number of nitrogens with one attached hydrogen (secondary N) is 1. The molecule has 0 aromatic heterocycles. The van der Waals surface area contributed by atoms with Gasteiger partial charge in [0, 0.05) is 24.4 Å². The fraction of sp³-hybridized carbons (Fsp3) is 0.350. The Morgan fingerprint density at radius 2 is 1.36 bits per heavy atom. The number of carbonyl (C=O) groups excluding carboxylic acids is 1. The van der Waals surface area contributed by atoms with Gasteiger partial charge in [0.05, 0.1) is 0 Å². The average Bonchev–Trinajstić information content (AvgIpc) is 2.52. The first-order chi connectivity index (χ1) is 10.5. The Labute approximate surface area is 132 Å². The molecule has 2 aromatic carbocycles. The molecule has 0 aliphatic carbocycles. The van der Waals surface area contributed by atoms with E-state index < -0.39 is 0 Å². The summed E-state index contributed by atoms with van der Waals surface area (Å²) in [5, 5.41) is 3.68. The summed E-state index contributed by atoms with van der Waals surface area (Å²) >= 11 is 0. The lowest BCUT2D eigenvalue weighted by atomic mass is 9.82. The van der Waals surface area contributed by atoms with E-state index in [4.69, 9.17) is 0 Å². The number of hydrogen-bond acceptors (Lipinski definition) is 2. The van der Waals surface area contributed by atoms with Crippen LogP contribution in [0.15, 0.2) is 48.5 Å². The van der Waals surface area contributed by atoms with Gasteiger partial charge in [-0.25, -0.2) is 0 Å². The predicted molar refractivity (Wildman–Crippen MR) is 89.8 cm³/mol. The molecule has 2 nitrogen and oxygen atoms in total. The third-order valence-electron chi connectivity index (χ3n) is 4.71. The molecule has 1 N–H and O–H groups in total. The molecule has 0 bridgehead atoms. The van der Waals surface area contributed by atoms with Gasteiger partial charge in [0.25, 0.3) is 0 Å². The third kappa shape index (κ3) is 2.97. The van der Waals surface area contributed by atoms with Crippen LogP contribution in [0.4, 0.5) is 0 Å². The summed E-state index contributed by atoms with van der Waals surface area (Å²) in [6, 6.07) is 17.2. The number of Topliss-reactive ketones (excluding diaryl/α,β-unsaturated/α-hetero) is 1. The minimum atomic E-state index is 0.0180. The highest BCUT2D eigenvalue weighted by Crippen LogP contribution is 2.34. The number of hydrogen-bond donors (Lipinski definition) is 1. The third-order valence-corrected chi connectivity index (χ3v) is 4.71. The molecule has 1 aliphatic rings. The summed E-state index contributed by atoms with van der Waals surface area (Å²) < 4.78 is 0. The van der Waals surface area contributed by atoms with E-state index in [9.17, 15) is 4.79 Å². The van der Waals surface area contributed by atoms with Crippen LogP contribution < -0.4 is 5.32 Å². The summed E-state index contributed by atoms with van der Waals surface area (Å²) in [7, 11) is 0. The second-order valence-electron chi connectivity index (χ2n) is 6.48. The maximum atomic E-state index is 12.5. The molecule has 1 fully saturated rings. The summed E-state index contributed by atoms with van der Waals surface area (Å²) in [6.45, 7) is 6.20. The van der Waals surface area contributed by atoms with E-state index in [0.29, 0.717) is 12.2 Å². The molecule has 2 heteroatoms. The van der Waals surface area contributed by atoms with Crippen molar-refractivity contribution in [3.8, 4) is 0 Å². The van der Waals surface area contributed by atoms with E-state index in [1.165, 1.54) is 22.3 Å². The van der Waals surface area contributed by atoms with Crippen molar-refractivity contribution in [2.45, 2.75) is 39.3 Å². The van der Waals surface area contributed by atoms with Gasteiger partial charge in [-0.3, -0.25) is 4.79 Å². The van der Waals surface area contributed by atoms with Crippen molar-refractivity contribution in [1.29, 1.82) is 0 Å². The topological polar surface area (TPSA) is 29.1 Å². The smallest absolute Gasteiger partial charge is 0.139 e. The van der Waals surface area contributed by atoms with E-state index in [1.807, 2.05) is 6.92 Å². The van der Waals surface area contributed by atoms with E-state index >= 15 is 0 Å². The Kier molecular flexibility index (Phi) is 4.12. The quantitative estimate of drug-likeness (QED) is 0.895. The van der Waals surface area contributed by atoms with Gasteiger partial charge in [-0.05, 0) is 25.0 Å². The van der Waals surface area contributed by atoms with Gasteiger partial charge < -0.3 is 5.32 Å². The SMILES string of the molecule is Cc1ccc([C@@H]2CC(=O)[C@H](C)[C@H](c3ccc(C)cc3)N2)cc1. The second kappa shape index (κ2) is 6.05. The van der Waals surface area contributed by atoms with Crippen LogP contribution in [0.2, 0.25) is 0 Å². The predicted octanol–water partition coefficient (Wildman–Crippen LogP) is 4.28. The number of rotatable bonds is 2. The van der Waals surface area contributed by atoms with Gasteiger partial charge in [0.1, 0.15) is 5.78 Å². The van der Waals surface area contributed by atoms with Crippen molar-refractivity contribution in [3.05, 3.63) is 70.8 Å². The van der Waals surface area contributed by atoms with Gasteiger partial charge in [-0.15, -0.1) is 0 Å². The standard InChI is InChI=1S/C20H23NO/c1-13-4-8-16(9-5-13)18-12-19(22)15(3)20(21-18)17-10-6-14(2)7-11-17/h4-11,15,18,20-21H,12H2,1-3H3/t15-,18-,20+/m0/s1. The molecular formula is C20H23NO. The Hall–Kier alpha value is -1.93. The van der Waals surface area contributed by atoms with E-state index in [-0.39, 0.29) is 18.0 Å². The Morgan fingerprint density at radius 3 is 1.91 bits per heavy atom. The minimum Gasteiger partial charge on any atom is -0.302 e. The van der Waals surface area contributed by atoms with Gasteiger partial charge in [-0.1, -0.05) is 66.6 Å². The van der Waals surface area contributed by atoms with Crippen LogP contribution in [0.1, 0.15) is 47.7 Å². The van der Waals surface area contributed by atoms with E-state index in [2.05, 4.69) is 67.7 Å². The minimum absolute atomic E-state index is 0.0180. The van der Waals surface area contributed by atoms with Crippen LogP contribution >= 0.6 is 0 Å². The largest absolute Gasteiger partial charge is 0.302 e. The summed E-state index contributed by atoms with van der Waals surface area (Å²) in [5.74, 6) is 0.360. The first-order valence-corrected chi connectivity index (χ1v) is 7.96. The van der Waals surface area contributed by atoms with Crippen molar-refractivity contribution in [2.75, 3.05) is 0 Å². The lowest BCUT2D eigenvalue weighted by Crippen LogP contribution is -2.41. The molecule has 0 amide bonds. The van der Waals surface area contributed by atoms with E-state index in [0.717, 1.165) is 0 Å². The Bertz CT molecular complexity index is 657. The Morgan fingerprint density at radius 1 is 0.864 bits per heavy atom. The molecular weight excluding hydrogens is 270 g/mol. The number of carbonyl (C=O) groups is 1. The van der Waals surface area contributed by atoms with Crippen molar-refractivity contribution < 1.29 is 4.79 Å². The van der Waals surface area contributed by atoms with Crippen LogP contribution in [-0.4, -0.2) is 5.78 Å². The summed E-state index contributed by atoms with van der Waals surface area (Å²) in [6.07, 6.45) is 0.576. The molecule has 0 unspecified atom stereocenters. The highest BCUT2D eigenvalue weighted by atomic mass is 16.1. The molecule has 1 aliphatic heterocycles. The van der Waals surface area contributed by atoms with Crippen LogP contribution in [0.5, 0.6) is 0 Å². The molecule has 0 saturated carbocycles. The van der Waals surface area contributed by atoms with E-state index in [1.54, 1.807) is 0 Å². The fourth-order valence-electron chi connectivity index (χ4n) is 3.16. The zero-order chi connectivity index (χ0) is 15.7. The van der Waals surface area contributed by atoms with Crippen molar-refractivity contribution in [2.24, 2.45) is 5.92 Å². The van der Waals surface area contributed by atoms with Gasteiger partial charge in [0.15, 0.2) is 0 Å². The maximum Gasteiger partial charge on any atom is 0.139 e. The Balaban J connectivity index is 1.88. The zero-order valence-corrected chi connectivity index (χ0v) is 13.5. The molecule has 22 heavy (non-hydrogen) atoms. The summed E-state index contributed by atoms with van der Waals surface area (Å²) in [5.41, 5.74) is 4.88. The van der Waals surface area contributed by atoms with Crippen LogP contribution in [0, 0.1) is 19.8 Å². The van der Waals surface area contributed by atoms with Gasteiger partial charge >= 0.3 is 0 Å². The molecule has 114 valence electrons. The fourth-order valence-corrected chi connectivity index (χ4v) is 3.16. The highest BCUT2D eigenvalue weighted by Gasteiger charge is 2.34. The molecule has 2 aromatic rings. The molecule has 3 atom stereocenters. The van der Waals surface area contributed by atoms with Crippen molar-refractivity contribution in [3.63, 3.8) is 0 Å². The number of piperidine rings is 1. The lowest BCUT2D eigenvalue weighted by Gasteiger charge is -2.35. The highest BCUT2D eigenvalue weighted by molar-refractivity contribution is 5.83. The zero-order valence-electron chi connectivity index (χ0n) is 13.5. The first-order valence-electron chi connectivity index (χ1n) is 7.96. The maximum absolute atomic E-state index is 12.5. The number of benzene rings is 2. The van der Waals surface area contributed by atoms with Crippen LogP contribution in [-0.2, 0) is 4.79 Å². The van der Waals surface area contributed by atoms with Crippen LogP contribution in [0.3, 0.4) is 0 Å². The van der Waals surface area contributed by atoms with Gasteiger partial charge in [-0.2, -0.15) is 0 Å². The molecule has 0 radical (unpaired) electrons. The van der Waals surface area contributed by atoms with Crippen molar-refractivity contribution in [1.82, 2.24) is 5.32 Å². The lowest BCUT2D eigenvalue weighted by molar-refractivity contribution is -0.126. The number of aryl methyl sites for hydroxylation is 2. The monoisotopic (exact) mass is 293 g/mol. The molecule has 1 saturated heterocycles.